The van der Waals surface area contributed by atoms with E-state index in [1.807, 2.05) is 36.4 Å². The molecule has 34 heavy (non-hydrogen) atoms. The average molecular weight is 456 g/mol. The van der Waals surface area contributed by atoms with E-state index in [9.17, 15) is 19.5 Å². The van der Waals surface area contributed by atoms with E-state index in [-0.39, 0.29) is 24.0 Å². The molecule has 0 aromatic heterocycles. The molecular formula is C27H24N2O5. The van der Waals surface area contributed by atoms with Gasteiger partial charge in [0, 0.05) is 19.0 Å². The third kappa shape index (κ3) is 3.90. The van der Waals surface area contributed by atoms with Crippen molar-refractivity contribution in [3.8, 4) is 11.1 Å². The van der Waals surface area contributed by atoms with Crippen LogP contribution >= 0.6 is 0 Å². The quantitative estimate of drug-likeness (QED) is 0.601. The van der Waals surface area contributed by atoms with Crippen molar-refractivity contribution < 1.29 is 24.2 Å². The lowest BCUT2D eigenvalue weighted by Crippen LogP contribution is -2.45. The maximum atomic E-state index is 12.9. The van der Waals surface area contributed by atoms with Gasteiger partial charge in [-0.25, -0.2) is 9.59 Å². The molecule has 3 aromatic rings. The number of carbonyl (C=O) groups excluding carboxylic acids is 2. The van der Waals surface area contributed by atoms with Gasteiger partial charge in [0.2, 0.25) is 5.91 Å². The Kier molecular flexibility index (Phi) is 5.53. The zero-order valence-electron chi connectivity index (χ0n) is 18.7. The Morgan fingerprint density at radius 3 is 2.24 bits per heavy atom. The maximum absolute atomic E-state index is 12.9. The lowest BCUT2D eigenvalue weighted by Gasteiger charge is -2.21. The minimum absolute atomic E-state index is 0.0549. The number of ether oxygens (including phenoxy) is 1. The summed E-state index contributed by atoms with van der Waals surface area (Å²) < 4.78 is 5.54. The number of nitrogens with zero attached hydrogens (tertiary/aromatic N) is 1. The van der Waals surface area contributed by atoms with Crippen molar-refractivity contribution >= 4 is 18.0 Å². The Hall–Kier alpha value is -4.13. The maximum Gasteiger partial charge on any atom is 0.407 e. The summed E-state index contributed by atoms with van der Waals surface area (Å²) in [6, 6.07) is 20.3. The zero-order valence-corrected chi connectivity index (χ0v) is 18.7. The van der Waals surface area contributed by atoms with E-state index in [0.717, 1.165) is 33.4 Å². The number of carbonyl (C=O) groups is 3. The number of amides is 2. The Balaban J connectivity index is 1.19. The second-order valence-electron chi connectivity index (χ2n) is 8.67. The molecule has 0 saturated heterocycles. The van der Waals surface area contributed by atoms with Gasteiger partial charge in [0.05, 0.1) is 5.56 Å². The van der Waals surface area contributed by atoms with E-state index >= 15 is 0 Å². The SMILES string of the molecule is C[C@@H](NC(=O)OCC1c2ccccc2-c2ccccc21)C(=O)N1Cc2ccc(C(=O)O)cc2C1. The molecule has 7 heteroatoms. The van der Waals surface area contributed by atoms with E-state index in [0.29, 0.717) is 13.1 Å². The highest BCUT2D eigenvalue weighted by Gasteiger charge is 2.31. The minimum Gasteiger partial charge on any atom is -0.478 e. The number of aromatic carboxylic acids is 1. The number of carboxylic acid groups (broad SMARTS) is 1. The molecule has 3 aromatic carbocycles. The zero-order chi connectivity index (χ0) is 23.8. The fourth-order valence-corrected chi connectivity index (χ4v) is 4.84. The van der Waals surface area contributed by atoms with Gasteiger partial charge in [-0.3, -0.25) is 4.79 Å². The van der Waals surface area contributed by atoms with Gasteiger partial charge in [-0.05, 0) is 52.4 Å². The first-order valence-electron chi connectivity index (χ1n) is 11.2. The predicted molar refractivity (Wildman–Crippen MR) is 125 cm³/mol. The summed E-state index contributed by atoms with van der Waals surface area (Å²) in [5.74, 6) is -1.31. The third-order valence-electron chi connectivity index (χ3n) is 6.54. The highest BCUT2D eigenvalue weighted by atomic mass is 16.5. The molecule has 0 radical (unpaired) electrons. The van der Waals surface area contributed by atoms with Crippen molar-refractivity contribution in [2.75, 3.05) is 6.61 Å². The molecule has 7 nitrogen and oxygen atoms in total. The number of rotatable bonds is 5. The van der Waals surface area contributed by atoms with E-state index in [4.69, 9.17) is 4.74 Å². The van der Waals surface area contributed by atoms with Crippen LogP contribution < -0.4 is 5.32 Å². The number of benzene rings is 3. The topological polar surface area (TPSA) is 95.9 Å². The number of fused-ring (bicyclic) bond motifs is 4. The monoisotopic (exact) mass is 456 g/mol. The van der Waals surface area contributed by atoms with Gasteiger partial charge in [-0.2, -0.15) is 0 Å². The molecule has 2 aliphatic rings. The van der Waals surface area contributed by atoms with Crippen LogP contribution in [-0.4, -0.2) is 40.6 Å². The molecule has 1 aliphatic carbocycles. The van der Waals surface area contributed by atoms with Crippen LogP contribution in [-0.2, 0) is 22.6 Å². The summed E-state index contributed by atoms with van der Waals surface area (Å²) in [5.41, 5.74) is 6.45. The lowest BCUT2D eigenvalue weighted by atomic mass is 9.98. The molecule has 0 unspecified atom stereocenters. The molecule has 0 saturated carbocycles. The fraction of sp³-hybridized carbons (Fsp3) is 0.222. The van der Waals surface area contributed by atoms with Crippen LogP contribution in [0.4, 0.5) is 4.79 Å². The van der Waals surface area contributed by atoms with Crippen LogP contribution in [0.3, 0.4) is 0 Å². The highest BCUT2D eigenvalue weighted by molar-refractivity contribution is 5.89. The summed E-state index contributed by atoms with van der Waals surface area (Å²) in [4.78, 5) is 38.2. The molecule has 2 amide bonds. The number of hydrogen-bond donors (Lipinski definition) is 2. The van der Waals surface area contributed by atoms with Crippen LogP contribution in [0.1, 0.15) is 45.5 Å². The van der Waals surface area contributed by atoms with Crippen molar-refractivity contribution in [1.82, 2.24) is 10.2 Å². The second kappa shape index (κ2) is 8.67. The minimum atomic E-state index is -1.00. The normalized spacial score (nSPS) is 14.7. The Labute approximate surface area is 197 Å². The summed E-state index contributed by atoms with van der Waals surface area (Å²) in [6.45, 7) is 2.49. The van der Waals surface area contributed by atoms with Gasteiger partial charge in [0.1, 0.15) is 12.6 Å². The van der Waals surface area contributed by atoms with Gasteiger partial charge >= 0.3 is 12.1 Å². The van der Waals surface area contributed by atoms with Gasteiger partial charge in [0.15, 0.2) is 0 Å². The van der Waals surface area contributed by atoms with Crippen molar-refractivity contribution in [1.29, 1.82) is 0 Å². The standard InChI is InChI=1S/C27H24N2O5/c1-16(25(30)29-13-18-11-10-17(26(31)32)12-19(18)14-29)28-27(33)34-15-24-22-8-4-2-6-20(22)21-7-3-5-9-23(21)24/h2-12,16,24H,13-15H2,1H3,(H,28,33)(H,31,32)/t16-/m1/s1. The number of nitrogens with one attached hydrogen (secondary N) is 1. The van der Waals surface area contributed by atoms with E-state index in [1.54, 1.807) is 24.0 Å². The van der Waals surface area contributed by atoms with Crippen LogP contribution in [0.25, 0.3) is 11.1 Å². The predicted octanol–water partition coefficient (Wildman–Crippen LogP) is 4.15. The first-order valence-corrected chi connectivity index (χ1v) is 11.2. The van der Waals surface area contributed by atoms with Gasteiger partial charge in [0.25, 0.3) is 0 Å². The molecule has 0 fully saturated rings. The summed E-state index contributed by atoms with van der Waals surface area (Å²) in [7, 11) is 0. The van der Waals surface area contributed by atoms with Crippen LogP contribution in [0.5, 0.6) is 0 Å². The first kappa shape index (κ1) is 21.7. The average Bonchev–Trinajstić information content (AvgIpc) is 3.41. The molecule has 1 atom stereocenters. The Morgan fingerprint density at radius 2 is 1.59 bits per heavy atom. The number of hydrogen-bond acceptors (Lipinski definition) is 4. The van der Waals surface area contributed by atoms with Crippen molar-refractivity contribution in [2.45, 2.75) is 32.0 Å². The summed E-state index contributed by atoms with van der Waals surface area (Å²) in [5, 5.41) is 11.8. The van der Waals surface area contributed by atoms with E-state index < -0.39 is 18.1 Å². The fourth-order valence-electron chi connectivity index (χ4n) is 4.84. The Bertz CT molecular complexity index is 1260. The van der Waals surface area contributed by atoms with Crippen molar-refractivity contribution in [3.63, 3.8) is 0 Å². The molecule has 0 spiro atoms. The van der Waals surface area contributed by atoms with E-state index in [1.165, 1.54) is 6.07 Å². The van der Waals surface area contributed by atoms with Crippen LogP contribution in [0.15, 0.2) is 66.7 Å². The molecule has 172 valence electrons. The number of carboxylic acids is 1. The molecule has 1 aliphatic heterocycles. The molecule has 2 N–H and O–H groups in total. The van der Waals surface area contributed by atoms with Gasteiger partial charge in [-0.1, -0.05) is 54.6 Å². The summed E-state index contributed by atoms with van der Waals surface area (Å²) >= 11 is 0. The molecule has 0 bridgehead atoms. The first-order chi connectivity index (χ1) is 16.4. The molecule has 5 rings (SSSR count). The van der Waals surface area contributed by atoms with Gasteiger partial charge in [-0.15, -0.1) is 0 Å². The smallest absolute Gasteiger partial charge is 0.407 e. The van der Waals surface area contributed by atoms with Crippen molar-refractivity contribution in [2.24, 2.45) is 0 Å². The number of alkyl carbamates (subject to hydrolysis) is 1. The second-order valence-corrected chi connectivity index (χ2v) is 8.67. The van der Waals surface area contributed by atoms with Crippen LogP contribution in [0, 0.1) is 0 Å². The molecular weight excluding hydrogens is 432 g/mol. The lowest BCUT2D eigenvalue weighted by molar-refractivity contribution is -0.133. The van der Waals surface area contributed by atoms with Crippen LogP contribution in [0.2, 0.25) is 0 Å². The highest BCUT2D eigenvalue weighted by Crippen LogP contribution is 2.44. The van der Waals surface area contributed by atoms with E-state index in [2.05, 4.69) is 17.4 Å². The largest absolute Gasteiger partial charge is 0.478 e. The van der Waals surface area contributed by atoms with Crippen molar-refractivity contribution in [3.05, 3.63) is 94.5 Å². The third-order valence-corrected chi connectivity index (χ3v) is 6.54. The molecule has 1 heterocycles. The Morgan fingerprint density at radius 1 is 0.971 bits per heavy atom. The van der Waals surface area contributed by atoms with Gasteiger partial charge < -0.3 is 20.1 Å². The summed E-state index contributed by atoms with van der Waals surface area (Å²) in [6.07, 6.45) is -0.646.